The first kappa shape index (κ1) is 12.3. The van der Waals surface area contributed by atoms with Crippen molar-refractivity contribution in [3.05, 3.63) is 23.8 Å². The van der Waals surface area contributed by atoms with Crippen LogP contribution >= 0.6 is 0 Å². The van der Waals surface area contributed by atoms with Crippen LogP contribution in [0.3, 0.4) is 0 Å². The Morgan fingerprint density at radius 2 is 2.06 bits per heavy atom. The first-order chi connectivity index (χ1) is 7.69. The quantitative estimate of drug-likeness (QED) is 0.822. The molecule has 86 valence electrons. The second-order valence-electron chi connectivity index (χ2n) is 3.38. The molecule has 0 heterocycles. The SMILES string of the molecule is CC[C@H](O)COc1cc(C#N)cc(OC)c1. The molecule has 16 heavy (non-hydrogen) atoms. The summed E-state index contributed by atoms with van der Waals surface area (Å²) in [6.45, 7) is 2.09. The summed E-state index contributed by atoms with van der Waals surface area (Å²) in [4.78, 5) is 0. The Morgan fingerprint density at radius 1 is 1.38 bits per heavy atom. The predicted octanol–water partition coefficient (Wildman–Crippen LogP) is 1.72. The average molecular weight is 221 g/mol. The molecule has 0 radical (unpaired) electrons. The zero-order chi connectivity index (χ0) is 12.0. The number of benzene rings is 1. The monoisotopic (exact) mass is 221 g/mol. The third kappa shape index (κ3) is 3.44. The summed E-state index contributed by atoms with van der Waals surface area (Å²) >= 11 is 0. The number of aliphatic hydroxyl groups excluding tert-OH is 1. The van der Waals surface area contributed by atoms with Gasteiger partial charge in [0.05, 0.1) is 24.8 Å². The highest BCUT2D eigenvalue weighted by Crippen LogP contribution is 2.22. The van der Waals surface area contributed by atoms with E-state index in [1.165, 1.54) is 7.11 Å². The Bertz CT molecular complexity index is 384. The van der Waals surface area contributed by atoms with Gasteiger partial charge in [0, 0.05) is 6.07 Å². The van der Waals surface area contributed by atoms with E-state index < -0.39 is 6.10 Å². The van der Waals surface area contributed by atoms with Gasteiger partial charge < -0.3 is 14.6 Å². The van der Waals surface area contributed by atoms with Crippen LogP contribution in [0, 0.1) is 11.3 Å². The molecular weight excluding hydrogens is 206 g/mol. The summed E-state index contributed by atoms with van der Waals surface area (Å²) in [5, 5.41) is 18.1. The molecule has 0 bridgehead atoms. The van der Waals surface area contributed by atoms with Gasteiger partial charge in [0.25, 0.3) is 0 Å². The molecule has 0 amide bonds. The predicted molar refractivity (Wildman–Crippen MR) is 59.5 cm³/mol. The Morgan fingerprint density at radius 3 is 2.62 bits per heavy atom. The van der Waals surface area contributed by atoms with Crippen molar-refractivity contribution in [2.75, 3.05) is 13.7 Å². The Labute approximate surface area is 95.0 Å². The molecule has 1 rings (SSSR count). The Hall–Kier alpha value is -1.73. The fourth-order valence-electron chi connectivity index (χ4n) is 1.15. The first-order valence-electron chi connectivity index (χ1n) is 5.09. The van der Waals surface area contributed by atoms with Gasteiger partial charge in [0.2, 0.25) is 0 Å². The van der Waals surface area contributed by atoms with E-state index in [2.05, 4.69) is 0 Å². The fraction of sp³-hybridized carbons (Fsp3) is 0.417. The van der Waals surface area contributed by atoms with Gasteiger partial charge in [-0.3, -0.25) is 0 Å². The van der Waals surface area contributed by atoms with Crippen LogP contribution in [-0.4, -0.2) is 24.9 Å². The van der Waals surface area contributed by atoms with E-state index in [4.69, 9.17) is 14.7 Å². The summed E-state index contributed by atoms with van der Waals surface area (Å²) in [5.74, 6) is 1.10. The van der Waals surface area contributed by atoms with Gasteiger partial charge in [-0.25, -0.2) is 0 Å². The van der Waals surface area contributed by atoms with Crippen LogP contribution in [0.25, 0.3) is 0 Å². The van der Waals surface area contributed by atoms with E-state index in [-0.39, 0.29) is 6.61 Å². The van der Waals surface area contributed by atoms with Gasteiger partial charge >= 0.3 is 0 Å². The van der Waals surface area contributed by atoms with Crippen LogP contribution in [0.4, 0.5) is 0 Å². The molecule has 1 aromatic carbocycles. The zero-order valence-corrected chi connectivity index (χ0v) is 9.43. The lowest BCUT2D eigenvalue weighted by molar-refractivity contribution is 0.104. The van der Waals surface area contributed by atoms with E-state index >= 15 is 0 Å². The van der Waals surface area contributed by atoms with Crippen molar-refractivity contribution < 1.29 is 14.6 Å². The summed E-state index contributed by atoms with van der Waals surface area (Å²) in [6.07, 6.45) is 0.145. The van der Waals surface area contributed by atoms with Crippen LogP contribution in [-0.2, 0) is 0 Å². The van der Waals surface area contributed by atoms with Gasteiger partial charge in [-0.05, 0) is 18.6 Å². The molecule has 0 saturated carbocycles. The molecule has 0 fully saturated rings. The third-order valence-corrected chi connectivity index (χ3v) is 2.16. The lowest BCUT2D eigenvalue weighted by Gasteiger charge is -2.11. The maximum atomic E-state index is 9.35. The standard InChI is InChI=1S/C12H15NO3/c1-3-10(14)8-16-12-5-9(7-13)4-11(6-12)15-2/h4-6,10,14H,3,8H2,1-2H3/t10-/m0/s1. The minimum absolute atomic E-state index is 0.217. The molecule has 0 aliphatic carbocycles. The van der Waals surface area contributed by atoms with E-state index in [1.54, 1.807) is 18.2 Å². The number of aliphatic hydroxyl groups is 1. The largest absolute Gasteiger partial charge is 0.497 e. The second kappa shape index (κ2) is 5.99. The van der Waals surface area contributed by atoms with E-state index in [9.17, 15) is 5.11 Å². The lowest BCUT2D eigenvalue weighted by Crippen LogP contribution is -2.16. The van der Waals surface area contributed by atoms with Crippen molar-refractivity contribution in [1.29, 1.82) is 5.26 Å². The summed E-state index contributed by atoms with van der Waals surface area (Å²) < 4.78 is 10.4. The maximum absolute atomic E-state index is 9.35. The maximum Gasteiger partial charge on any atom is 0.124 e. The van der Waals surface area contributed by atoms with Gasteiger partial charge in [0.1, 0.15) is 18.1 Å². The highest BCUT2D eigenvalue weighted by Gasteiger charge is 2.05. The van der Waals surface area contributed by atoms with Crippen LogP contribution in [0.2, 0.25) is 0 Å². The molecular formula is C12H15NO3. The van der Waals surface area contributed by atoms with Gasteiger partial charge in [-0.1, -0.05) is 6.92 Å². The number of methoxy groups -OCH3 is 1. The highest BCUT2D eigenvalue weighted by atomic mass is 16.5. The van der Waals surface area contributed by atoms with Crippen LogP contribution in [0.5, 0.6) is 11.5 Å². The van der Waals surface area contributed by atoms with E-state index in [0.29, 0.717) is 23.5 Å². The van der Waals surface area contributed by atoms with Gasteiger partial charge in [-0.15, -0.1) is 0 Å². The zero-order valence-electron chi connectivity index (χ0n) is 9.43. The van der Waals surface area contributed by atoms with Crippen LogP contribution < -0.4 is 9.47 Å². The molecule has 0 unspecified atom stereocenters. The number of ether oxygens (including phenoxy) is 2. The Balaban J connectivity index is 2.76. The van der Waals surface area contributed by atoms with Crippen LogP contribution in [0.1, 0.15) is 18.9 Å². The number of nitrogens with zero attached hydrogens (tertiary/aromatic N) is 1. The van der Waals surface area contributed by atoms with Crippen molar-refractivity contribution in [3.63, 3.8) is 0 Å². The van der Waals surface area contributed by atoms with Crippen molar-refractivity contribution in [2.45, 2.75) is 19.4 Å². The Kier molecular flexibility index (Phi) is 4.62. The molecule has 0 aromatic heterocycles. The van der Waals surface area contributed by atoms with Crippen molar-refractivity contribution >= 4 is 0 Å². The second-order valence-corrected chi connectivity index (χ2v) is 3.38. The first-order valence-corrected chi connectivity index (χ1v) is 5.09. The van der Waals surface area contributed by atoms with Crippen molar-refractivity contribution in [1.82, 2.24) is 0 Å². The smallest absolute Gasteiger partial charge is 0.124 e. The minimum atomic E-state index is -0.489. The van der Waals surface area contributed by atoms with Crippen molar-refractivity contribution in [2.24, 2.45) is 0 Å². The number of hydrogen-bond donors (Lipinski definition) is 1. The number of nitriles is 1. The molecule has 4 nitrogen and oxygen atoms in total. The summed E-state index contributed by atoms with van der Waals surface area (Å²) in [5.41, 5.74) is 0.473. The molecule has 1 atom stereocenters. The van der Waals surface area contributed by atoms with E-state index in [1.807, 2.05) is 13.0 Å². The van der Waals surface area contributed by atoms with Gasteiger partial charge in [0.15, 0.2) is 0 Å². The average Bonchev–Trinajstić information content (AvgIpc) is 2.35. The van der Waals surface area contributed by atoms with Crippen LogP contribution in [0.15, 0.2) is 18.2 Å². The normalized spacial score (nSPS) is 11.6. The highest BCUT2D eigenvalue weighted by molar-refractivity contribution is 5.43. The number of hydrogen-bond acceptors (Lipinski definition) is 4. The number of rotatable bonds is 5. The van der Waals surface area contributed by atoms with E-state index in [0.717, 1.165) is 0 Å². The molecule has 4 heteroatoms. The van der Waals surface area contributed by atoms with Crippen molar-refractivity contribution in [3.8, 4) is 17.6 Å². The summed E-state index contributed by atoms with van der Waals surface area (Å²) in [7, 11) is 1.53. The topological polar surface area (TPSA) is 62.5 Å². The third-order valence-electron chi connectivity index (χ3n) is 2.16. The molecule has 0 saturated heterocycles. The molecule has 1 aromatic rings. The lowest BCUT2D eigenvalue weighted by atomic mass is 10.2. The summed E-state index contributed by atoms with van der Waals surface area (Å²) in [6, 6.07) is 6.95. The molecule has 1 N–H and O–H groups in total. The molecule has 0 spiro atoms. The molecule has 0 aliphatic heterocycles. The molecule has 0 aliphatic rings. The fourth-order valence-corrected chi connectivity index (χ4v) is 1.15. The van der Waals surface area contributed by atoms with Gasteiger partial charge in [-0.2, -0.15) is 5.26 Å². The minimum Gasteiger partial charge on any atom is -0.497 e.